The van der Waals surface area contributed by atoms with Gasteiger partial charge in [-0.2, -0.15) is 0 Å². The number of hydrogen-bond acceptors (Lipinski definition) is 11. The maximum Gasteiger partial charge on any atom is 0.106 e. The second kappa shape index (κ2) is 325. The van der Waals surface area contributed by atoms with Crippen LogP contribution >= 0.6 is 0 Å². The molecule has 0 unspecified atom stereocenters. The fourth-order valence-electron chi connectivity index (χ4n) is 0.158. The molecule has 0 aliphatic rings. The van der Waals surface area contributed by atoms with Crippen LogP contribution in [0.2, 0.25) is 0 Å². The first-order valence-electron chi connectivity index (χ1n) is 15.1. The molecule has 0 rings (SSSR count). The summed E-state index contributed by atoms with van der Waals surface area (Å²) in [4.78, 5) is 16.0. The molecule has 0 heterocycles. The fraction of sp³-hybridized carbons (Fsp3) is 0.952. The Kier molecular flexibility index (Phi) is 1140. The van der Waals surface area contributed by atoms with Gasteiger partial charge >= 0.3 is 0 Å². The molecule has 0 spiro atoms. The molecule has 15 heteroatoms. The summed E-state index contributed by atoms with van der Waals surface area (Å²) < 4.78 is 0. The summed E-state index contributed by atoms with van der Waals surface area (Å²) in [7, 11) is 0. The van der Waals surface area contributed by atoms with E-state index in [9.17, 15) is 0 Å². The van der Waals surface area contributed by atoms with Gasteiger partial charge in [0.2, 0.25) is 0 Å². The number of carbonyl (C=O) groups excluding carboxylic acids is 2. The topological polar surface area (TPSA) is 311 Å². The van der Waals surface area contributed by atoms with E-state index >= 15 is 0 Å². The maximum atomic E-state index is 8.07. The molecule has 0 amide bonds. The number of hydrogen-bond donors (Lipinski definition) is 9. The number of unbranched alkanes of at least 4 members (excludes halogenated alkanes) is 1. The molecule has 15 N–H and O–H groups in total. The summed E-state index contributed by atoms with van der Waals surface area (Å²) in [5.74, 6) is 0. The van der Waals surface area contributed by atoms with Gasteiger partial charge in [0, 0.05) is 64.9 Å². The molecule has 0 radical (unpaired) electrons. The van der Waals surface area contributed by atoms with Gasteiger partial charge in [-0.1, -0.05) is 142 Å². The molecule has 0 aliphatic carbocycles. The van der Waals surface area contributed by atoms with Crippen LogP contribution in [0, 0.1) is 0 Å². The quantitative estimate of drug-likeness (QED) is 0.0712. The molecule has 0 bridgehead atoms. The van der Waals surface area contributed by atoms with Crippen LogP contribution in [-0.4, -0.2) is 119 Å². The van der Waals surface area contributed by atoms with Crippen molar-refractivity contribution < 1.29 is 94.0 Å². The van der Waals surface area contributed by atoms with Gasteiger partial charge in [0.1, 0.15) is 13.6 Å². The number of aliphatic hydroxyl groups excluding tert-OH is 7. The average molecular weight is 909 g/mol. The van der Waals surface area contributed by atoms with E-state index in [1.807, 2.05) is 27.4 Å². The zero-order valence-corrected chi connectivity index (χ0v) is 35.8. The Balaban J connectivity index is -0.00000000676. The van der Waals surface area contributed by atoms with Crippen molar-refractivity contribution >= 4 is 13.6 Å². The SMILES string of the molecule is C.C.C.C.C.C.C.C.C.C.C=O.C=O.CC.CC(C)O.CC(C)O.CC(C)O.CC(C)O.CC(C)O.CC(C)O.CCC.CCC.CCCCO.O.O.O.OO.[Ti]. The molecule has 0 aromatic rings. The van der Waals surface area contributed by atoms with Gasteiger partial charge in [-0.15, -0.1) is 0 Å². The zero-order valence-electron chi connectivity index (χ0n) is 34.3. The van der Waals surface area contributed by atoms with Crippen molar-refractivity contribution in [1.29, 1.82) is 0 Å². The van der Waals surface area contributed by atoms with Crippen molar-refractivity contribution in [3.05, 3.63) is 0 Å². The van der Waals surface area contributed by atoms with Gasteiger partial charge in [-0.3, -0.25) is 10.5 Å². The predicted molar refractivity (Wildman–Crippen MR) is 267 cm³/mol. The second-order valence-corrected chi connectivity index (χ2v) is 9.05. The summed E-state index contributed by atoms with van der Waals surface area (Å²) in [5, 5.41) is 68.4. The van der Waals surface area contributed by atoms with Crippen LogP contribution in [0.5, 0.6) is 0 Å². The third-order valence-corrected chi connectivity index (χ3v) is 0.512. The van der Waals surface area contributed by atoms with E-state index < -0.39 is 0 Å². The number of aliphatic hydroxyl groups is 7. The van der Waals surface area contributed by atoms with Gasteiger partial charge in [0.05, 0.1) is 0 Å². The second-order valence-electron chi connectivity index (χ2n) is 9.05. The average Bonchev–Trinajstić information content (AvgIpc) is 2.84. The first-order chi connectivity index (χ1) is 19.6. The summed E-state index contributed by atoms with van der Waals surface area (Å²) in [5.41, 5.74) is 0. The fourth-order valence-corrected chi connectivity index (χ4v) is 0.158. The van der Waals surface area contributed by atoms with E-state index in [2.05, 4.69) is 34.6 Å². The third-order valence-electron chi connectivity index (χ3n) is 0.512. The molecule has 0 aliphatic heterocycles. The van der Waals surface area contributed by atoms with Crippen molar-refractivity contribution in [3.63, 3.8) is 0 Å². The molecular formula is C42H132O14Ti. The normalized spacial score (nSPS) is 5.51. The van der Waals surface area contributed by atoms with E-state index in [1.165, 1.54) is 12.8 Å². The monoisotopic (exact) mass is 909 g/mol. The first kappa shape index (κ1) is 200. The summed E-state index contributed by atoms with van der Waals surface area (Å²) in [6, 6.07) is 0. The van der Waals surface area contributed by atoms with E-state index in [1.54, 1.807) is 83.1 Å². The van der Waals surface area contributed by atoms with E-state index in [0.29, 0.717) is 6.61 Å². The molecule has 0 atom stereocenters. The summed E-state index contributed by atoms with van der Waals surface area (Å²) >= 11 is 0. The van der Waals surface area contributed by atoms with Crippen LogP contribution in [0.15, 0.2) is 0 Å². The van der Waals surface area contributed by atoms with Crippen molar-refractivity contribution in [2.45, 2.75) is 268 Å². The Morgan fingerprint density at radius 2 is 0.421 bits per heavy atom. The van der Waals surface area contributed by atoms with Crippen LogP contribution in [0.1, 0.15) is 232 Å². The van der Waals surface area contributed by atoms with E-state index in [4.69, 9.17) is 55.8 Å². The smallest absolute Gasteiger partial charge is 0.106 e. The molecular weight excluding hydrogens is 776 g/mol. The Hall–Kier alpha value is -0.426. The van der Waals surface area contributed by atoms with Crippen LogP contribution in [0.25, 0.3) is 0 Å². The number of rotatable bonds is 2. The minimum Gasteiger partial charge on any atom is -0.412 e. The zero-order chi connectivity index (χ0) is 39.0. The van der Waals surface area contributed by atoms with E-state index in [0.717, 1.165) is 12.8 Å². The van der Waals surface area contributed by atoms with Gasteiger partial charge in [0.25, 0.3) is 0 Å². The van der Waals surface area contributed by atoms with Crippen molar-refractivity contribution in [2.75, 3.05) is 6.61 Å². The van der Waals surface area contributed by atoms with Gasteiger partial charge in [0.15, 0.2) is 0 Å². The summed E-state index contributed by atoms with van der Waals surface area (Å²) in [6.45, 7) is 39.6. The Bertz CT molecular complexity index is 204. The molecule has 388 valence electrons. The Morgan fingerprint density at radius 3 is 0.421 bits per heavy atom. The Morgan fingerprint density at radius 1 is 0.368 bits per heavy atom. The molecule has 0 aromatic carbocycles. The molecule has 0 saturated carbocycles. The Labute approximate surface area is 381 Å². The van der Waals surface area contributed by atoms with Crippen LogP contribution in [0.3, 0.4) is 0 Å². The van der Waals surface area contributed by atoms with Crippen molar-refractivity contribution in [2.24, 2.45) is 0 Å². The van der Waals surface area contributed by atoms with Crippen LogP contribution < -0.4 is 0 Å². The van der Waals surface area contributed by atoms with E-state index in [-0.39, 0.29) is 149 Å². The summed E-state index contributed by atoms with van der Waals surface area (Å²) in [6.07, 6.45) is 3.54. The van der Waals surface area contributed by atoms with Gasteiger partial charge < -0.3 is 61.8 Å². The number of carbonyl (C=O) groups is 2. The molecule has 14 nitrogen and oxygen atoms in total. The first-order valence-corrected chi connectivity index (χ1v) is 15.1. The predicted octanol–water partition coefficient (Wildman–Crippen LogP) is 10.5. The van der Waals surface area contributed by atoms with Crippen LogP contribution in [-0.2, 0) is 31.3 Å². The minimum absolute atomic E-state index is 0. The van der Waals surface area contributed by atoms with Crippen molar-refractivity contribution in [1.82, 2.24) is 0 Å². The third kappa shape index (κ3) is 64400. The van der Waals surface area contributed by atoms with Crippen LogP contribution in [0.4, 0.5) is 0 Å². The maximum absolute atomic E-state index is 8.07. The van der Waals surface area contributed by atoms with Crippen molar-refractivity contribution in [3.8, 4) is 0 Å². The van der Waals surface area contributed by atoms with Gasteiger partial charge in [-0.05, 0) is 89.5 Å². The molecule has 0 aromatic heterocycles. The molecule has 0 saturated heterocycles. The molecule has 57 heavy (non-hydrogen) atoms. The standard InChI is InChI=1S/C4H10O.6C3H8O.2C3H8.C2H6.2CH2O.10CH4.H2O2.3H2O.Ti/c1-2-3-4-5;6*1-3(2)4;2*1-3-2;3*1-2;;;;;;;;;;;1-2;;;;/h5H,2-4H2,1H3;6*3-4H,1-2H3;2*3H2,1-2H3;1-2H3;2*1H2;10*1H4;1-2H;3*1H2;. The molecule has 0 fully saturated rings. The minimum atomic E-state index is -0.167. The largest absolute Gasteiger partial charge is 0.412 e. The van der Waals surface area contributed by atoms with Gasteiger partial charge in [-0.25, -0.2) is 0 Å².